The monoisotopic (exact) mass is 281 g/mol. The van der Waals surface area contributed by atoms with E-state index in [0.717, 1.165) is 4.68 Å². The first-order valence-electron chi connectivity index (χ1n) is 5.25. The van der Waals surface area contributed by atoms with Crippen LogP contribution >= 0.6 is 0 Å². The van der Waals surface area contributed by atoms with Crippen LogP contribution in [0, 0.1) is 0 Å². The van der Waals surface area contributed by atoms with Gasteiger partial charge >= 0.3 is 0 Å². The van der Waals surface area contributed by atoms with Gasteiger partial charge in [-0.2, -0.15) is 0 Å². The quantitative estimate of drug-likeness (QED) is 0.771. The maximum Gasteiger partial charge on any atom is 0.271 e. The zero-order valence-electron chi connectivity index (χ0n) is 9.95. The average Bonchev–Trinajstić information content (AvgIpc) is 2.70. The summed E-state index contributed by atoms with van der Waals surface area (Å²) in [6.07, 6.45) is 0. The van der Waals surface area contributed by atoms with Gasteiger partial charge in [-0.1, -0.05) is 0 Å². The minimum atomic E-state index is -3.77. The van der Waals surface area contributed by atoms with Crippen molar-refractivity contribution in [1.82, 2.24) is 9.78 Å². The van der Waals surface area contributed by atoms with E-state index >= 15 is 0 Å². The number of rotatable bonds is 3. The highest BCUT2D eigenvalue weighted by Gasteiger charge is 2.10. The van der Waals surface area contributed by atoms with Gasteiger partial charge < -0.3 is 0 Å². The fourth-order valence-corrected chi connectivity index (χ4v) is 2.07. The molecule has 1 aromatic heterocycles. The molecule has 0 aliphatic rings. The summed E-state index contributed by atoms with van der Waals surface area (Å²) in [6, 6.07) is 6.58. The van der Waals surface area contributed by atoms with E-state index in [-0.39, 0.29) is 16.4 Å². The SMILES string of the molecule is CC(=O)c1cc(=O)n(-c2ccc(S(N)(=O)=O)cc2)[nH]1. The Morgan fingerprint density at radius 3 is 2.26 bits per heavy atom. The number of hydrogen-bond donors (Lipinski definition) is 2. The molecule has 0 amide bonds. The molecule has 0 bridgehead atoms. The van der Waals surface area contributed by atoms with Crippen LogP contribution in [0.4, 0.5) is 0 Å². The fourth-order valence-electron chi connectivity index (χ4n) is 1.55. The van der Waals surface area contributed by atoms with Gasteiger partial charge in [0, 0.05) is 13.0 Å². The van der Waals surface area contributed by atoms with Crippen LogP contribution in [0.15, 0.2) is 40.0 Å². The minimum Gasteiger partial charge on any atom is -0.293 e. The summed E-state index contributed by atoms with van der Waals surface area (Å²) in [7, 11) is -3.77. The van der Waals surface area contributed by atoms with Gasteiger partial charge in [-0.25, -0.2) is 18.2 Å². The Labute approximate surface area is 108 Å². The second-order valence-corrected chi connectivity index (χ2v) is 5.50. The molecule has 2 aromatic rings. The molecule has 19 heavy (non-hydrogen) atoms. The third-order valence-corrected chi connectivity index (χ3v) is 3.45. The summed E-state index contributed by atoms with van der Waals surface area (Å²) in [5.41, 5.74) is 0.180. The smallest absolute Gasteiger partial charge is 0.271 e. The van der Waals surface area contributed by atoms with Crippen LogP contribution < -0.4 is 10.7 Å². The molecule has 1 aromatic carbocycles. The molecule has 0 saturated heterocycles. The summed E-state index contributed by atoms with van der Waals surface area (Å²) in [5.74, 6) is -0.267. The molecule has 100 valence electrons. The van der Waals surface area contributed by atoms with Crippen LogP contribution in [0.2, 0.25) is 0 Å². The Bertz CT molecular complexity index is 784. The molecule has 3 N–H and O–H groups in total. The number of sulfonamides is 1. The Balaban J connectivity index is 2.49. The van der Waals surface area contributed by atoms with Crippen LogP contribution in [0.3, 0.4) is 0 Å². The molecule has 0 aliphatic carbocycles. The van der Waals surface area contributed by atoms with Crippen LogP contribution in [-0.4, -0.2) is 24.0 Å². The van der Waals surface area contributed by atoms with E-state index < -0.39 is 15.6 Å². The van der Waals surface area contributed by atoms with Crippen molar-refractivity contribution in [2.75, 3.05) is 0 Å². The second kappa shape index (κ2) is 4.48. The Hall–Kier alpha value is -2.19. The zero-order chi connectivity index (χ0) is 14.2. The maximum absolute atomic E-state index is 11.7. The van der Waals surface area contributed by atoms with Gasteiger partial charge in [0.15, 0.2) is 5.78 Å². The lowest BCUT2D eigenvalue weighted by atomic mass is 10.3. The highest BCUT2D eigenvalue weighted by atomic mass is 32.2. The van der Waals surface area contributed by atoms with Crippen LogP contribution in [0.1, 0.15) is 17.4 Å². The van der Waals surface area contributed by atoms with Gasteiger partial charge in [0.2, 0.25) is 10.0 Å². The number of aromatic nitrogens is 2. The van der Waals surface area contributed by atoms with E-state index in [0.29, 0.717) is 5.69 Å². The number of benzene rings is 1. The summed E-state index contributed by atoms with van der Waals surface area (Å²) < 4.78 is 23.3. The summed E-state index contributed by atoms with van der Waals surface area (Å²) in [6.45, 7) is 1.33. The molecule has 0 radical (unpaired) electrons. The Kier molecular flexibility index (Phi) is 3.13. The number of aromatic amines is 1. The van der Waals surface area contributed by atoms with E-state index in [1.807, 2.05) is 0 Å². The van der Waals surface area contributed by atoms with Crippen LogP contribution in [-0.2, 0) is 10.0 Å². The largest absolute Gasteiger partial charge is 0.293 e. The molecule has 0 atom stereocenters. The standard InChI is InChI=1S/C11H11N3O4S/c1-7(15)10-6-11(16)14(13-10)8-2-4-9(5-3-8)19(12,17)18/h2-6,13H,1H3,(H2,12,17,18). The van der Waals surface area contributed by atoms with E-state index in [9.17, 15) is 18.0 Å². The number of nitrogens with one attached hydrogen (secondary N) is 1. The molecule has 1 heterocycles. The molecule has 0 aliphatic heterocycles. The Morgan fingerprint density at radius 1 is 1.26 bits per heavy atom. The van der Waals surface area contributed by atoms with Crippen molar-refractivity contribution >= 4 is 15.8 Å². The van der Waals surface area contributed by atoms with Crippen molar-refractivity contribution in [3.8, 4) is 5.69 Å². The molecule has 0 spiro atoms. The third kappa shape index (κ3) is 2.64. The van der Waals surface area contributed by atoms with E-state index in [2.05, 4.69) is 5.10 Å². The lowest BCUT2D eigenvalue weighted by molar-refractivity contribution is 0.101. The predicted octanol–water partition coefficient (Wildman–Crippen LogP) is 0.0156. The number of Topliss-reactive ketones (excluding diaryl/α,β-unsaturated/α-hetero) is 1. The van der Waals surface area contributed by atoms with Gasteiger partial charge in [0.1, 0.15) is 5.69 Å². The lowest BCUT2D eigenvalue weighted by Gasteiger charge is -2.03. The number of carbonyl (C=O) groups is 1. The summed E-state index contributed by atoms with van der Waals surface area (Å²) in [5, 5.41) is 7.60. The molecular weight excluding hydrogens is 270 g/mol. The van der Waals surface area contributed by atoms with Crippen LogP contribution in [0.25, 0.3) is 5.69 Å². The number of carbonyl (C=O) groups excluding carboxylic acids is 1. The molecular formula is C11H11N3O4S. The average molecular weight is 281 g/mol. The number of nitrogens with zero attached hydrogens (tertiary/aromatic N) is 1. The normalized spacial score (nSPS) is 11.5. The molecule has 2 rings (SSSR count). The van der Waals surface area contributed by atoms with Crippen molar-refractivity contribution in [3.05, 3.63) is 46.4 Å². The van der Waals surface area contributed by atoms with E-state index in [1.165, 1.54) is 37.3 Å². The van der Waals surface area contributed by atoms with Crippen LogP contribution in [0.5, 0.6) is 0 Å². The van der Waals surface area contributed by atoms with Gasteiger partial charge in [0.05, 0.1) is 10.6 Å². The molecule has 7 nitrogen and oxygen atoms in total. The van der Waals surface area contributed by atoms with Crippen molar-refractivity contribution in [3.63, 3.8) is 0 Å². The van der Waals surface area contributed by atoms with Gasteiger partial charge in [0.25, 0.3) is 5.56 Å². The van der Waals surface area contributed by atoms with E-state index in [4.69, 9.17) is 5.14 Å². The van der Waals surface area contributed by atoms with Crippen molar-refractivity contribution in [2.45, 2.75) is 11.8 Å². The van der Waals surface area contributed by atoms with Crippen molar-refractivity contribution < 1.29 is 13.2 Å². The highest BCUT2D eigenvalue weighted by Crippen LogP contribution is 2.11. The first-order chi connectivity index (χ1) is 8.79. The highest BCUT2D eigenvalue weighted by molar-refractivity contribution is 7.89. The third-order valence-electron chi connectivity index (χ3n) is 2.52. The maximum atomic E-state index is 11.7. The number of primary sulfonamides is 1. The molecule has 0 fully saturated rings. The Morgan fingerprint density at radius 2 is 1.84 bits per heavy atom. The van der Waals surface area contributed by atoms with Crippen molar-refractivity contribution in [2.24, 2.45) is 5.14 Å². The molecule has 8 heteroatoms. The van der Waals surface area contributed by atoms with Crippen molar-refractivity contribution in [1.29, 1.82) is 0 Å². The van der Waals surface area contributed by atoms with Gasteiger partial charge in [-0.3, -0.25) is 14.7 Å². The van der Waals surface area contributed by atoms with Gasteiger partial charge in [-0.05, 0) is 24.3 Å². The summed E-state index contributed by atoms with van der Waals surface area (Å²) in [4.78, 5) is 22.8. The number of nitrogens with two attached hydrogens (primary N) is 1. The zero-order valence-corrected chi connectivity index (χ0v) is 10.8. The lowest BCUT2D eigenvalue weighted by Crippen LogP contribution is -2.15. The number of ketones is 1. The molecule has 0 unspecified atom stereocenters. The first kappa shape index (κ1) is 13.2. The van der Waals surface area contributed by atoms with Gasteiger partial charge in [-0.15, -0.1) is 0 Å². The number of hydrogen-bond acceptors (Lipinski definition) is 4. The topological polar surface area (TPSA) is 115 Å². The molecule has 0 saturated carbocycles. The predicted molar refractivity (Wildman–Crippen MR) is 67.8 cm³/mol. The second-order valence-electron chi connectivity index (χ2n) is 3.94. The fraction of sp³-hybridized carbons (Fsp3) is 0.0909. The number of H-pyrrole nitrogens is 1. The first-order valence-corrected chi connectivity index (χ1v) is 6.80. The minimum absolute atomic E-state index is 0.0531. The van der Waals surface area contributed by atoms with E-state index in [1.54, 1.807) is 0 Å². The summed E-state index contributed by atoms with van der Waals surface area (Å²) >= 11 is 0.